The van der Waals surface area contributed by atoms with E-state index in [1.807, 2.05) is 25.1 Å². The van der Waals surface area contributed by atoms with E-state index >= 15 is 0 Å². The molecule has 0 aromatic carbocycles. The molecule has 0 fully saturated rings. The van der Waals surface area contributed by atoms with Crippen LogP contribution >= 0.6 is 23.2 Å². The molecule has 1 aromatic heterocycles. The predicted molar refractivity (Wildman–Crippen MR) is 51.6 cm³/mol. The first kappa shape index (κ1) is 9.78. The molecule has 0 bridgehead atoms. The third kappa shape index (κ3) is 2.63. The highest BCUT2D eigenvalue weighted by Gasteiger charge is 2.02. The SMILES string of the molecule is CN(C)Cc1ccc(Cl)nc1Cl. The van der Waals surface area contributed by atoms with Crippen molar-refractivity contribution in [1.82, 2.24) is 9.88 Å². The fourth-order valence-electron chi connectivity index (χ4n) is 0.900. The lowest BCUT2D eigenvalue weighted by atomic mass is 10.3. The van der Waals surface area contributed by atoms with E-state index in [0.717, 1.165) is 12.1 Å². The topological polar surface area (TPSA) is 16.1 Å². The molecule has 0 unspecified atom stereocenters. The Hall–Kier alpha value is -0.310. The molecule has 0 saturated heterocycles. The van der Waals surface area contributed by atoms with Crippen LogP contribution in [0.25, 0.3) is 0 Å². The summed E-state index contributed by atoms with van der Waals surface area (Å²) in [6, 6.07) is 3.63. The molecule has 0 aliphatic heterocycles. The van der Waals surface area contributed by atoms with Crippen LogP contribution in [0.4, 0.5) is 0 Å². The lowest BCUT2D eigenvalue weighted by Gasteiger charge is -2.10. The second-order valence-corrected chi connectivity index (χ2v) is 3.57. The van der Waals surface area contributed by atoms with Crippen molar-refractivity contribution in [3.63, 3.8) is 0 Å². The Bertz CT molecular complexity index is 274. The molecule has 1 heterocycles. The van der Waals surface area contributed by atoms with E-state index in [-0.39, 0.29) is 0 Å². The van der Waals surface area contributed by atoms with E-state index in [9.17, 15) is 0 Å². The van der Waals surface area contributed by atoms with Crippen LogP contribution in [0.15, 0.2) is 12.1 Å². The van der Waals surface area contributed by atoms with Crippen molar-refractivity contribution >= 4 is 23.2 Å². The molecule has 4 heteroatoms. The maximum atomic E-state index is 5.85. The third-order valence-corrected chi connectivity index (χ3v) is 1.92. The summed E-state index contributed by atoms with van der Waals surface area (Å²) in [6.45, 7) is 0.781. The van der Waals surface area contributed by atoms with Gasteiger partial charge in [0, 0.05) is 12.1 Å². The summed E-state index contributed by atoms with van der Waals surface area (Å²) in [7, 11) is 3.95. The van der Waals surface area contributed by atoms with Crippen LogP contribution in [-0.2, 0) is 6.54 Å². The molecule has 0 radical (unpaired) electrons. The van der Waals surface area contributed by atoms with Gasteiger partial charge in [-0.05, 0) is 20.2 Å². The molecule has 0 N–H and O–H groups in total. The number of hydrogen-bond donors (Lipinski definition) is 0. The first-order chi connectivity index (χ1) is 5.59. The summed E-state index contributed by atoms with van der Waals surface area (Å²) >= 11 is 11.5. The van der Waals surface area contributed by atoms with Gasteiger partial charge in [0.1, 0.15) is 10.3 Å². The maximum absolute atomic E-state index is 5.85. The fourth-order valence-corrected chi connectivity index (χ4v) is 1.30. The zero-order valence-corrected chi connectivity index (χ0v) is 8.52. The lowest BCUT2D eigenvalue weighted by molar-refractivity contribution is 0.402. The highest BCUT2D eigenvalue weighted by atomic mass is 35.5. The highest BCUT2D eigenvalue weighted by Crippen LogP contribution is 2.17. The summed E-state index contributed by atoms with van der Waals surface area (Å²) in [6.07, 6.45) is 0. The van der Waals surface area contributed by atoms with Crippen LogP contribution in [-0.4, -0.2) is 24.0 Å². The molecule has 1 rings (SSSR count). The van der Waals surface area contributed by atoms with Crippen LogP contribution < -0.4 is 0 Å². The average Bonchev–Trinajstić information content (AvgIpc) is 1.94. The molecular weight excluding hydrogens is 195 g/mol. The summed E-state index contributed by atoms with van der Waals surface area (Å²) in [4.78, 5) is 5.96. The molecule has 0 amide bonds. The van der Waals surface area contributed by atoms with Crippen molar-refractivity contribution in [2.75, 3.05) is 14.1 Å². The Kier molecular flexibility index (Phi) is 3.32. The molecule has 0 atom stereocenters. The van der Waals surface area contributed by atoms with Crippen LogP contribution in [0.2, 0.25) is 10.3 Å². The van der Waals surface area contributed by atoms with Crippen LogP contribution in [0, 0.1) is 0 Å². The van der Waals surface area contributed by atoms with Gasteiger partial charge in [0.05, 0.1) is 0 Å². The van der Waals surface area contributed by atoms with Crippen molar-refractivity contribution in [1.29, 1.82) is 0 Å². The Labute approximate surface area is 82.1 Å². The lowest BCUT2D eigenvalue weighted by Crippen LogP contribution is -2.11. The normalized spacial score (nSPS) is 10.8. The predicted octanol–water partition coefficient (Wildman–Crippen LogP) is 2.45. The zero-order valence-electron chi connectivity index (χ0n) is 7.01. The van der Waals surface area contributed by atoms with Gasteiger partial charge in [-0.1, -0.05) is 29.3 Å². The van der Waals surface area contributed by atoms with Crippen molar-refractivity contribution in [3.8, 4) is 0 Å². The van der Waals surface area contributed by atoms with Crippen molar-refractivity contribution in [2.24, 2.45) is 0 Å². The van der Waals surface area contributed by atoms with Gasteiger partial charge in [0.15, 0.2) is 0 Å². The number of rotatable bonds is 2. The largest absolute Gasteiger partial charge is 0.305 e. The van der Waals surface area contributed by atoms with E-state index in [4.69, 9.17) is 23.2 Å². The van der Waals surface area contributed by atoms with Crippen LogP contribution in [0.3, 0.4) is 0 Å². The molecule has 2 nitrogen and oxygen atoms in total. The fraction of sp³-hybridized carbons (Fsp3) is 0.375. The molecule has 0 spiro atoms. The minimum absolute atomic E-state index is 0.433. The Morgan fingerprint density at radius 1 is 1.33 bits per heavy atom. The molecule has 1 aromatic rings. The average molecular weight is 205 g/mol. The van der Waals surface area contributed by atoms with E-state index in [1.165, 1.54) is 0 Å². The van der Waals surface area contributed by atoms with Gasteiger partial charge in [-0.2, -0.15) is 0 Å². The number of pyridine rings is 1. The first-order valence-corrected chi connectivity index (χ1v) is 4.31. The van der Waals surface area contributed by atoms with Gasteiger partial charge in [-0.15, -0.1) is 0 Å². The quantitative estimate of drug-likeness (QED) is 0.689. The summed E-state index contributed by atoms with van der Waals surface area (Å²) in [5, 5.41) is 0.915. The third-order valence-electron chi connectivity index (χ3n) is 1.38. The number of hydrogen-bond acceptors (Lipinski definition) is 2. The van der Waals surface area contributed by atoms with Gasteiger partial charge in [0.25, 0.3) is 0 Å². The number of halogens is 2. The highest BCUT2D eigenvalue weighted by molar-refractivity contribution is 6.32. The summed E-state index contributed by atoms with van der Waals surface area (Å²) in [5.74, 6) is 0. The molecule has 0 saturated carbocycles. The van der Waals surface area contributed by atoms with E-state index in [1.54, 1.807) is 6.07 Å². The van der Waals surface area contributed by atoms with Gasteiger partial charge in [-0.25, -0.2) is 4.98 Å². The monoisotopic (exact) mass is 204 g/mol. The van der Waals surface area contributed by atoms with Crippen molar-refractivity contribution in [2.45, 2.75) is 6.54 Å². The van der Waals surface area contributed by atoms with E-state index in [0.29, 0.717) is 10.3 Å². The second-order valence-electron chi connectivity index (χ2n) is 2.82. The molecule has 12 heavy (non-hydrogen) atoms. The van der Waals surface area contributed by atoms with Crippen molar-refractivity contribution in [3.05, 3.63) is 28.0 Å². The van der Waals surface area contributed by atoms with Gasteiger partial charge < -0.3 is 4.90 Å². The van der Waals surface area contributed by atoms with Gasteiger partial charge >= 0.3 is 0 Å². The van der Waals surface area contributed by atoms with Crippen molar-refractivity contribution < 1.29 is 0 Å². The zero-order chi connectivity index (χ0) is 9.14. The summed E-state index contributed by atoms with van der Waals surface area (Å²) < 4.78 is 0. The Balaban J connectivity index is 2.86. The minimum atomic E-state index is 0.433. The molecule has 0 aliphatic carbocycles. The van der Waals surface area contributed by atoms with Gasteiger partial charge in [0.2, 0.25) is 0 Å². The van der Waals surface area contributed by atoms with Crippen LogP contribution in [0.1, 0.15) is 5.56 Å². The maximum Gasteiger partial charge on any atom is 0.135 e. The summed E-state index contributed by atoms with van der Waals surface area (Å²) in [5.41, 5.74) is 0.992. The molecule has 0 aliphatic rings. The molecular formula is C8H10Cl2N2. The standard InChI is InChI=1S/C8H10Cl2N2/c1-12(2)5-6-3-4-7(9)11-8(6)10/h3-4H,5H2,1-2H3. The Morgan fingerprint density at radius 3 is 2.50 bits per heavy atom. The number of nitrogens with zero attached hydrogens (tertiary/aromatic N) is 2. The molecule has 66 valence electrons. The van der Waals surface area contributed by atoms with E-state index in [2.05, 4.69) is 4.98 Å². The Morgan fingerprint density at radius 2 is 2.00 bits per heavy atom. The number of aromatic nitrogens is 1. The second kappa shape index (κ2) is 4.08. The minimum Gasteiger partial charge on any atom is -0.305 e. The van der Waals surface area contributed by atoms with E-state index < -0.39 is 0 Å². The van der Waals surface area contributed by atoms with Crippen LogP contribution in [0.5, 0.6) is 0 Å². The smallest absolute Gasteiger partial charge is 0.135 e. The van der Waals surface area contributed by atoms with Gasteiger partial charge in [-0.3, -0.25) is 0 Å². The first-order valence-electron chi connectivity index (χ1n) is 3.55.